The molecule has 0 radical (unpaired) electrons. The molecule has 0 unspecified atom stereocenters. The van der Waals surface area contributed by atoms with Gasteiger partial charge in [-0.1, -0.05) is 0 Å². The molecule has 1 aliphatic rings. The molecular weight excluding hydrogens is 144 g/mol. The summed E-state index contributed by atoms with van der Waals surface area (Å²) in [6.07, 6.45) is 5.26. The van der Waals surface area contributed by atoms with Crippen molar-refractivity contribution in [2.45, 2.75) is 0 Å². The minimum Gasteiger partial charge on any atom is -0.349 e. The molecule has 0 fully saturated rings. The van der Waals surface area contributed by atoms with Crippen LogP contribution in [0.15, 0.2) is 17.3 Å². The van der Waals surface area contributed by atoms with Crippen molar-refractivity contribution >= 4 is 12.1 Å². The maximum absolute atomic E-state index is 10.7. The SMILES string of the molecule is NNC(=O)CN1C=CC=NC1. The van der Waals surface area contributed by atoms with Crippen LogP contribution in [-0.4, -0.2) is 30.2 Å². The molecular formula is C6H10N4O. The average Bonchev–Trinajstić information content (AvgIpc) is 2.06. The summed E-state index contributed by atoms with van der Waals surface area (Å²) >= 11 is 0. The van der Waals surface area contributed by atoms with E-state index in [2.05, 4.69) is 4.99 Å². The predicted octanol–water partition coefficient (Wildman–Crippen LogP) is -1.17. The summed E-state index contributed by atoms with van der Waals surface area (Å²) < 4.78 is 0. The summed E-state index contributed by atoms with van der Waals surface area (Å²) in [6.45, 7) is 0.772. The van der Waals surface area contributed by atoms with E-state index in [0.29, 0.717) is 6.67 Å². The first-order chi connectivity index (χ1) is 5.33. The fraction of sp³-hybridized carbons (Fsp3) is 0.333. The highest BCUT2D eigenvalue weighted by molar-refractivity contribution is 5.78. The van der Waals surface area contributed by atoms with Crippen molar-refractivity contribution in [3.8, 4) is 0 Å². The van der Waals surface area contributed by atoms with E-state index in [9.17, 15) is 4.79 Å². The van der Waals surface area contributed by atoms with E-state index < -0.39 is 0 Å². The van der Waals surface area contributed by atoms with Gasteiger partial charge in [0.05, 0.1) is 6.54 Å². The zero-order valence-corrected chi connectivity index (χ0v) is 6.03. The van der Waals surface area contributed by atoms with Gasteiger partial charge in [0.2, 0.25) is 0 Å². The number of nitrogens with two attached hydrogens (primary N) is 1. The van der Waals surface area contributed by atoms with Crippen molar-refractivity contribution in [3.63, 3.8) is 0 Å². The number of carbonyl (C=O) groups excluding carboxylic acids is 1. The number of rotatable bonds is 2. The molecule has 0 aromatic carbocycles. The number of carbonyl (C=O) groups is 1. The van der Waals surface area contributed by atoms with E-state index in [1.165, 1.54) is 0 Å². The molecule has 1 amide bonds. The molecule has 0 bridgehead atoms. The third-order valence-corrected chi connectivity index (χ3v) is 1.26. The summed E-state index contributed by atoms with van der Waals surface area (Å²) in [5.41, 5.74) is 2.05. The minimum atomic E-state index is -0.216. The smallest absolute Gasteiger partial charge is 0.253 e. The lowest BCUT2D eigenvalue weighted by Crippen LogP contribution is -2.38. The van der Waals surface area contributed by atoms with Gasteiger partial charge in [-0.2, -0.15) is 0 Å². The van der Waals surface area contributed by atoms with E-state index in [-0.39, 0.29) is 12.5 Å². The van der Waals surface area contributed by atoms with Gasteiger partial charge >= 0.3 is 0 Å². The van der Waals surface area contributed by atoms with Crippen molar-refractivity contribution in [2.24, 2.45) is 10.8 Å². The van der Waals surface area contributed by atoms with Gasteiger partial charge < -0.3 is 4.90 Å². The number of nitrogens with zero attached hydrogens (tertiary/aromatic N) is 2. The van der Waals surface area contributed by atoms with E-state index in [0.717, 1.165) is 0 Å². The fourth-order valence-electron chi connectivity index (χ4n) is 0.753. The molecule has 0 aliphatic carbocycles. The van der Waals surface area contributed by atoms with Gasteiger partial charge in [0, 0.05) is 12.4 Å². The van der Waals surface area contributed by atoms with E-state index in [1.54, 1.807) is 23.4 Å². The molecule has 1 rings (SSSR count). The van der Waals surface area contributed by atoms with Crippen LogP contribution >= 0.6 is 0 Å². The molecule has 0 aromatic rings. The van der Waals surface area contributed by atoms with Crippen molar-refractivity contribution in [1.29, 1.82) is 0 Å². The number of hydrogen-bond donors (Lipinski definition) is 2. The van der Waals surface area contributed by atoms with Crippen LogP contribution in [0.5, 0.6) is 0 Å². The van der Waals surface area contributed by atoms with E-state index in [4.69, 9.17) is 5.84 Å². The number of amides is 1. The van der Waals surface area contributed by atoms with Crippen molar-refractivity contribution in [3.05, 3.63) is 12.3 Å². The Balaban J connectivity index is 2.33. The minimum absolute atomic E-state index is 0.216. The lowest BCUT2D eigenvalue weighted by Gasteiger charge is -2.17. The molecule has 60 valence electrons. The molecule has 1 aliphatic heterocycles. The zero-order chi connectivity index (χ0) is 8.10. The summed E-state index contributed by atoms with van der Waals surface area (Å²) in [5, 5.41) is 0. The lowest BCUT2D eigenvalue weighted by atomic mass is 10.5. The van der Waals surface area contributed by atoms with Crippen LogP contribution in [0.25, 0.3) is 0 Å². The Morgan fingerprint density at radius 1 is 1.82 bits per heavy atom. The topological polar surface area (TPSA) is 70.7 Å². The van der Waals surface area contributed by atoms with Crippen LogP contribution in [0.1, 0.15) is 0 Å². The second-order valence-corrected chi connectivity index (χ2v) is 2.13. The molecule has 0 atom stereocenters. The largest absolute Gasteiger partial charge is 0.349 e. The highest BCUT2D eigenvalue weighted by atomic mass is 16.2. The number of hydrogen-bond acceptors (Lipinski definition) is 4. The van der Waals surface area contributed by atoms with Crippen LogP contribution in [0.4, 0.5) is 0 Å². The summed E-state index contributed by atoms with van der Waals surface area (Å²) in [6, 6.07) is 0. The molecule has 0 saturated carbocycles. The van der Waals surface area contributed by atoms with Gasteiger partial charge in [-0.05, 0) is 6.08 Å². The zero-order valence-electron chi connectivity index (χ0n) is 6.03. The van der Waals surface area contributed by atoms with Crippen molar-refractivity contribution < 1.29 is 4.79 Å². The van der Waals surface area contributed by atoms with Gasteiger partial charge in [0.15, 0.2) is 0 Å². The van der Waals surface area contributed by atoms with Gasteiger partial charge in [0.1, 0.15) is 6.67 Å². The molecule has 0 saturated heterocycles. The summed E-state index contributed by atoms with van der Waals surface area (Å²) in [4.78, 5) is 16.4. The number of nitrogens with one attached hydrogen (secondary N) is 1. The number of aliphatic imine (C=N–C) groups is 1. The number of hydrazine groups is 1. The first-order valence-electron chi connectivity index (χ1n) is 3.23. The maximum atomic E-state index is 10.7. The highest BCUT2D eigenvalue weighted by Gasteiger charge is 2.04. The molecule has 3 N–H and O–H groups in total. The third kappa shape index (κ3) is 2.38. The van der Waals surface area contributed by atoms with E-state index >= 15 is 0 Å². The van der Waals surface area contributed by atoms with Gasteiger partial charge in [-0.3, -0.25) is 15.2 Å². The maximum Gasteiger partial charge on any atom is 0.253 e. The Bertz CT molecular complexity index is 199. The molecule has 0 spiro atoms. The highest BCUT2D eigenvalue weighted by Crippen LogP contribution is 1.93. The first-order valence-corrected chi connectivity index (χ1v) is 3.23. The Labute approximate surface area is 64.5 Å². The van der Waals surface area contributed by atoms with Crippen LogP contribution in [0, 0.1) is 0 Å². The second kappa shape index (κ2) is 3.72. The summed E-state index contributed by atoms with van der Waals surface area (Å²) in [7, 11) is 0. The third-order valence-electron chi connectivity index (χ3n) is 1.26. The monoisotopic (exact) mass is 154 g/mol. The van der Waals surface area contributed by atoms with Crippen LogP contribution in [0.2, 0.25) is 0 Å². The quantitative estimate of drug-likeness (QED) is 0.299. The molecule has 0 aromatic heterocycles. The second-order valence-electron chi connectivity index (χ2n) is 2.13. The van der Waals surface area contributed by atoms with Crippen LogP contribution in [-0.2, 0) is 4.79 Å². The van der Waals surface area contributed by atoms with Crippen molar-refractivity contribution in [2.75, 3.05) is 13.2 Å². The molecule has 1 heterocycles. The molecule has 5 heteroatoms. The molecule has 11 heavy (non-hydrogen) atoms. The Morgan fingerprint density at radius 3 is 3.18 bits per heavy atom. The Kier molecular flexibility index (Phi) is 2.62. The van der Waals surface area contributed by atoms with Gasteiger partial charge in [-0.15, -0.1) is 0 Å². The normalized spacial score (nSPS) is 15.2. The molecule has 5 nitrogen and oxygen atoms in total. The van der Waals surface area contributed by atoms with Crippen LogP contribution in [0.3, 0.4) is 0 Å². The fourth-order valence-corrected chi connectivity index (χ4v) is 0.753. The van der Waals surface area contributed by atoms with Gasteiger partial charge in [0.25, 0.3) is 5.91 Å². The first kappa shape index (κ1) is 7.74. The Hall–Kier alpha value is -1.36. The predicted molar refractivity (Wildman–Crippen MR) is 41.5 cm³/mol. The van der Waals surface area contributed by atoms with E-state index in [1.807, 2.05) is 5.43 Å². The average molecular weight is 154 g/mol. The summed E-state index contributed by atoms with van der Waals surface area (Å²) in [5.74, 6) is 4.68. The number of allylic oxidation sites excluding steroid dienone is 1. The van der Waals surface area contributed by atoms with Crippen molar-refractivity contribution in [1.82, 2.24) is 10.3 Å². The lowest BCUT2D eigenvalue weighted by molar-refractivity contribution is -0.121. The van der Waals surface area contributed by atoms with Gasteiger partial charge in [-0.25, -0.2) is 5.84 Å². The van der Waals surface area contributed by atoms with Crippen LogP contribution < -0.4 is 11.3 Å². The standard InChI is InChI=1S/C6H10N4O/c7-9-6(11)4-10-3-1-2-8-5-10/h1-3H,4-5,7H2,(H,9,11). The Morgan fingerprint density at radius 2 is 2.64 bits per heavy atom.